The molecule has 0 N–H and O–H groups in total. The molecule has 0 aromatic heterocycles. The Balaban J connectivity index is 2.34. The van der Waals surface area contributed by atoms with Crippen LogP contribution in [0.3, 0.4) is 0 Å². The van der Waals surface area contributed by atoms with Crippen molar-refractivity contribution in [2.45, 2.75) is 0 Å². The van der Waals surface area contributed by atoms with Gasteiger partial charge in [0.05, 0.1) is 0 Å². The molecular weight excluding hydrogens is 445 g/mol. The van der Waals surface area contributed by atoms with E-state index in [1.807, 2.05) is 0 Å². The van der Waals surface area contributed by atoms with E-state index in [9.17, 15) is 9.59 Å². The van der Waals surface area contributed by atoms with Crippen molar-refractivity contribution >= 4 is 56.8 Å². The summed E-state index contributed by atoms with van der Waals surface area (Å²) < 4.78 is 11.7. The van der Waals surface area contributed by atoms with Crippen molar-refractivity contribution in [3.8, 4) is 0 Å². The summed E-state index contributed by atoms with van der Waals surface area (Å²) in [5.41, 5.74) is 1.13. The second-order valence-corrected chi connectivity index (χ2v) is 10.6. The zero-order valence-corrected chi connectivity index (χ0v) is 15.3. The Morgan fingerprint density at radius 2 is 1.42 bits per heavy atom. The molecule has 2 heterocycles. The quantitative estimate of drug-likeness (QED) is 0.432. The zero-order chi connectivity index (χ0) is 13.8. The van der Waals surface area contributed by atoms with E-state index in [0.717, 1.165) is 5.57 Å². The van der Waals surface area contributed by atoms with Gasteiger partial charge in [0, 0.05) is 0 Å². The molecule has 0 radical (unpaired) electrons. The third-order valence-electron chi connectivity index (χ3n) is 2.23. The van der Waals surface area contributed by atoms with E-state index >= 15 is 0 Å². The molecule has 4 nitrogen and oxygen atoms in total. The Morgan fingerprint density at radius 1 is 0.947 bits per heavy atom. The Kier molecular flexibility index (Phi) is 5.28. The van der Waals surface area contributed by atoms with Crippen molar-refractivity contribution in [1.29, 1.82) is 0 Å². The first-order valence-electron chi connectivity index (χ1n) is 5.16. The molecule has 19 heavy (non-hydrogen) atoms. The summed E-state index contributed by atoms with van der Waals surface area (Å²) in [5.74, 6) is -0.822. The summed E-state index contributed by atoms with van der Waals surface area (Å²) >= 11 is 0.127. The van der Waals surface area contributed by atoms with Gasteiger partial charge in [-0.25, -0.2) is 0 Å². The van der Waals surface area contributed by atoms with Crippen LogP contribution in [0.1, 0.15) is 0 Å². The number of ether oxygens (including phenoxy) is 2. The van der Waals surface area contributed by atoms with E-state index in [-0.39, 0.29) is 29.9 Å². The number of esters is 2. The van der Waals surface area contributed by atoms with Gasteiger partial charge in [-0.2, -0.15) is 0 Å². The second kappa shape index (κ2) is 6.76. The molecule has 2 aliphatic heterocycles. The average molecular weight is 455 g/mol. The van der Waals surface area contributed by atoms with E-state index < -0.39 is 11.9 Å². The summed E-state index contributed by atoms with van der Waals surface area (Å²) in [6, 6.07) is 0. The predicted molar refractivity (Wildman–Crippen MR) is 73.6 cm³/mol. The average Bonchev–Trinajstić information content (AvgIpc) is 2.91. The van der Waals surface area contributed by atoms with Gasteiger partial charge in [-0.3, -0.25) is 0 Å². The van der Waals surface area contributed by atoms with Crippen LogP contribution >= 0.6 is 0 Å². The van der Waals surface area contributed by atoms with Gasteiger partial charge < -0.3 is 0 Å². The maximum absolute atomic E-state index is 11.8. The van der Waals surface area contributed by atoms with Crippen LogP contribution in [0.25, 0.3) is 0 Å². The monoisotopic (exact) mass is 458 g/mol. The van der Waals surface area contributed by atoms with Crippen LogP contribution in [0.4, 0.5) is 0 Å². The van der Waals surface area contributed by atoms with Gasteiger partial charge in [-0.1, -0.05) is 0 Å². The van der Waals surface area contributed by atoms with Gasteiger partial charge in [0.25, 0.3) is 0 Å². The Labute approximate surface area is 129 Å². The third-order valence-corrected chi connectivity index (χ3v) is 10.1. The van der Waals surface area contributed by atoms with Crippen molar-refractivity contribution in [2.24, 2.45) is 0 Å². The molecule has 2 rings (SSSR count). The maximum atomic E-state index is 11.8. The molecule has 100 valence electrons. The van der Waals surface area contributed by atoms with Crippen LogP contribution < -0.4 is 0 Å². The van der Waals surface area contributed by atoms with Crippen molar-refractivity contribution in [3.05, 3.63) is 40.0 Å². The first-order valence-corrected chi connectivity index (χ1v) is 10.6. The van der Waals surface area contributed by atoms with Crippen LogP contribution in [0, 0.1) is 0 Å². The molecule has 0 aromatic rings. The SMILES string of the molecule is COC(=O)C1=C(C(=O)OC)[Se]C(=C2C=C[Se]C=C2)[Se]1. The van der Waals surface area contributed by atoms with E-state index in [4.69, 9.17) is 9.47 Å². The molecule has 0 saturated heterocycles. The standard InChI is InChI=1S/C12H10O4Se3/c1-15-10(13)8-9(11(14)16-2)19-12(18-8)7-3-5-17-6-4-7/h3-6H,1-2H3. The van der Waals surface area contributed by atoms with Gasteiger partial charge in [-0.05, 0) is 0 Å². The summed E-state index contributed by atoms with van der Waals surface area (Å²) in [5, 5.41) is 0. The zero-order valence-electron chi connectivity index (χ0n) is 10.2. The number of hydrogen-bond donors (Lipinski definition) is 0. The summed E-state index contributed by atoms with van der Waals surface area (Å²) in [6.07, 6.45) is 4.15. The van der Waals surface area contributed by atoms with Crippen molar-refractivity contribution in [3.63, 3.8) is 0 Å². The Bertz CT molecular complexity index is 499. The van der Waals surface area contributed by atoms with E-state index in [1.54, 1.807) is 0 Å². The van der Waals surface area contributed by atoms with E-state index in [2.05, 4.69) is 22.1 Å². The fraction of sp³-hybridized carbons (Fsp3) is 0.167. The molecule has 0 aliphatic carbocycles. The molecule has 2 aliphatic rings. The molecule has 7 heteroatoms. The molecule has 0 fully saturated rings. The molecular formula is C12H10O4Se3. The molecule has 0 bridgehead atoms. The van der Waals surface area contributed by atoms with Crippen LogP contribution in [-0.4, -0.2) is 71.0 Å². The van der Waals surface area contributed by atoms with Gasteiger partial charge in [-0.15, -0.1) is 0 Å². The molecule has 0 aromatic carbocycles. The first kappa shape index (κ1) is 14.9. The molecule has 0 spiro atoms. The molecule has 0 unspecified atom stereocenters. The number of carbonyl (C=O) groups excluding carboxylic acids is 2. The minimum absolute atomic E-state index is 0.148. The van der Waals surface area contributed by atoms with Crippen LogP contribution in [-0.2, 0) is 19.1 Å². The van der Waals surface area contributed by atoms with Gasteiger partial charge >= 0.3 is 130 Å². The van der Waals surface area contributed by atoms with Crippen LogP contribution in [0.15, 0.2) is 40.0 Å². The minimum atomic E-state index is -0.411. The van der Waals surface area contributed by atoms with Gasteiger partial charge in [0.15, 0.2) is 0 Å². The van der Waals surface area contributed by atoms with Crippen molar-refractivity contribution < 1.29 is 19.1 Å². The number of allylic oxidation sites excluding steroid dienone is 3. The Morgan fingerprint density at radius 3 is 1.84 bits per heavy atom. The fourth-order valence-electron chi connectivity index (χ4n) is 1.33. The third kappa shape index (κ3) is 3.32. The van der Waals surface area contributed by atoms with Crippen LogP contribution in [0.5, 0.6) is 0 Å². The van der Waals surface area contributed by atoms with Gasteiger partial charge in [0.1, 0.15) is 0 Å². The topological polar surface area (TPSA) is 52.6 Å². The fourth-order valence-corrected chi connectivity index (χ4v) is 9.02. The Hall–Kier alpha value is -0.542. The predicted octanol–water partition coefficient (Wildman–Crippen LogP) is -0.0772. The van der Waals surface area contributed by atoms with Crippen LogP contribution in [0.2, 0.25) is 0 Å². The summed E-state index contributed by atoms with van der Waals surface area (Å²) in [6.45, 7) is 0. The second-order valence-electron chi connectivity index (χ2n) is 3.33. The van der Waals surface area contributed by atoms with Gasteiger partial charge in [0.2, 0.25) is 0 Å². The van der Waals surface area contributed by atoms with Crippen molar-refractivity contribution in [1.82, 2.24) is 0 Å². The first-order chi connectivity index (χ1) is 9.17. The van der Waals surface area contributed by atoms with Crippen molar-refractivity contribution in [2.75, 3.05) is 14.2 Å². The van der Waals surface area contributed by atoms with E-state index in [1.165, 1.54) is 17.6 Å². The summed E-state index contributed by atoms with van der Waals surface area (Å²) in [7, 11) is 2.67. The summed E-state index contributed by atoms with van der Waals surface area (Å²) in [4.78, 5) is 27.8. The number of rotatable bonds is 2. The number of carbonyl (C=O) groups is 2. The molecule has 0 saturated carbocycles. The number of methoxy groups -OCH3 is 2. The normalized spacial score (nSPS) is 18.0. The van der Waals surface area contributed by atoms with E-state index in [0.29, 0.717) is 23.9 Å². The molecule has 0 atom stereocenters. The molecule has 0 amide bonds. The number of hydrogen-bond acceptors (Lipinski definition) is 4.